The molecule has 3 heterocycles. The first-order valence-electron chi connectivity index (χ1n) is 10.5. The van der Waals surface area contributed by atoms with E-state index in [1.807, 2.05) is 6.07 Å². The Labute approximate surface area is 185 Å². The van der Waals surface area contributed by atoms with Crippen LogP contribution >= 0.6 is 11.6 Å². The minimum Gasteiger partial charge on any atom is -0.457 e. The number of ether oxygens (including phenoxy) is 3. The first kappa shape index (κ1) is 20.3. The van der Waals surface area contributed by atoms with E-state index in [0.717, 1.165) is 29.3 Å². The monoisotopic (exact) mass is 441 g/mol. The quantitative estimate of drug-likeness (QED) is 0.322. The number of carbonyl (C=O) groups is 2. The van der Waals surface area contributed by atoms with Gasteiger partial charge in [-0.3, -0.25) is 0 Å². The molecule has 5 rings (SSSR count). The third-order valence-corrected chi connectivity index (χ3v) is 6.87. The summed E-state index contributed by atoms with van der Waals surface area (Å²) in [6.45, 7) is 6.20. The van der Waals surface area contributed by atoms with Crippen LogP contribution in [0.25, 0.3) is 10.9 Å². The van der Waals surface area contributed by atoms with Gasteiger partial charge in [0.1, 0.15) is 24.5 Å². The summed E-state index contributed by atoms with van der Waals surface area (Å²) in [6, 6.07) is 7.15. The molecule has 1 aromatic carbocycles. The van der Waals surface area contributed by atoms with E-state index in [1.54, 1.807) is 18.2 Å². The zero-order valence-corrected chi connectivity index (χ0v) is 18.0. The number of hydrogen-bond donors (Lipinski definition) is 1. The molecule has 2 fully saturated rings. The van der Waals surface area contributed by atoms with Crippen LogP contribution in [0.2, 0.25) is 5.02 Å². The summed E-state index contributed by atoms with van der Waals surface area (Å²) in [5, 5.41) is 1.47. The summed E-state index contributed by atoms with van der Waals surface area (Å²) in [5.41, 5.74) is 2.48. The fourth-order valence-electron chi connectivity index (χ4n) is 4.70. The van der Waals surface area contributed by atoms with Crippen molar-refractivity contribution in [2.45, 2.75) is 50.4 Å². The summed E-state index contributed by atoms with van der Waals surface area (Å²) < 4.78 is 17.1. The highest BCUT2D eigenvalue weighted by molar-refractivity contribution is 6.31. The predicted molar refractivity (Wildman–Crippen MR) is 116 cm³/mol. The van der Waals surface area contributed by atoms with E-state index in [0.29, 0.717) is 29.1 Å². The van der Waals surface area contributed by atoms with Crippen LogP contribution in [0, 0.1) is 5.92 Å². The molecular formula is C24H24ClNO5. The van der Waals surface area contributed by atoms with Crippen molar-refractivity contribution in [3.05, 3.63) is 58.8 Å². The van der Waals surface area contributed by atoms with E-state index >= 15 is 0 Å². The molecule has 1 N–H and O–H groups in total. The van der Waals surface area contributed by atoms with Crippen molar-refractivity contribution < 1.29 is 23.8 Å². The molecule has 2 aromatic rings. The van der Waals surface area contributed by atoms with Gasteiger partial charge in [0.2, 0.25) is 0 Å². The first-order valence-corrected chi connectivity index (χ1v) is 10.9. The Balaban J connectivity index is 1.28. The number of rotatable bonds is 3. The van der Waals surface area contributed by atoms with Gasteiger partial charge in [0.25, 0.3) is 0 Å². The molecule has 0 spiro atoms. The molecule has 1 aliphatic carbocycles. The van der Waals surface area contributed by atoms with Crippen molar-refractivity contribution in [1.82, 2.24) is 4.98 Å². The zero-order chi connectivity index (χ0) is 21.8. The molecule has 0 bridgehead atoms. The Morgan fingerprint density at radius 2 is 2.23 bits per heavy atom. The molecule has 2 saturated heterocycles. The third kappa shape index (κ3) is 3.79. The van der Waals surface area contributed by atoms with Crippen molar-refractivity contribution in [3.63, 3.8) is 0 Å². The van der Waals surface area contributed by atoms with Crippen LogP contribution in [-0.4, -0.2) is 41.3 Å². The van der Waals surface area contributed by atoms with Gasteiger partial charge in [0.05, 0.1) is 5.60 Å². The van der Waals surface area contributed by atoms with Crippen LogP contribution in [0.5, 0.6) is 0 Å². The Morgan fingerprint density at radius 3 is 3.06 bits per heavy atom. The summed E-state index contributed by atoms with van der Waals surface area (Å²) in [4.78, 5) is 27.7. The minimum atomic E-state index is -0.412. The molecule has 3 aliphatic rings. The largest absolute Gasteiger partial charge is 0.457 e. The van der Waals surface area contributed by atoms with Crippen LogP contribution in [0.3, 0.4) is 0 Å². The number of epoxide rings is 1. The summed E-state index contributed by atoms with van der Waals surface area (Å²) >= 11 is 6.02. The van der Waals surface area contributed by atoms with Crippen LogP contribution in [0.1, 0.15) is 43.1 Å². The van der Waals surface area contributed by atoms with Gasteiger partial charge in [-0.15, -0.1) is 0 Å². The number of aromatic nitrogens is 1. The topological polar surface area (TPSA) is 80.9 Å². The number of carbonyl (C=O) groups excluding carboxylic acids is 2. The Morgan fingerprint density at radius 1 is 1.39 bits per heavy atom. The van der Waals surface area contributed by atoms with E-state index in [4.69, 9.17) is 25.8 Å². The molecule has 1 aromatic heterocycles. The van der Waals surface area contributed by atoms with Crippen LogP contribution < -0.4 is 0 Å². The molecule has 162 valence electrons. The second-order valence-electron chi connectivity index (χ2n) is 8.78. The molecule has 0 amide bonds. The van der Waals surface area contributed by atoms with E-state index < -0.39 is 5.97 Å². The van der Waals surface area contributed by atoms with E-state index in [-0.39, 0.29) is 36.3 Å². The van der Waals surface area contributed by atoms with Gasteiger partial charge < -0.3 is 19.2 Å². The van der Waals surface area contributed by atoms with Gasteiger partial charge in [-0.25, -0.2) is 9.59 Å². The number of fused-ring (bicyclic) bond motifs is 4. The van der Waals surface area contributed by atoms with E-state index in [1.165, 1.54) is 0 Å². The number of hydrogen-bond acceptors (Lipinski definition) is 5. The SMILES string of the molecule is C=C1C(=O)O[C@@H]2[C@H]3O[C@]3(C)CC/C=C(/COC(=O)c3cc4cc(Cl)ccc4[nH]3)CC[C@@H]12. The lowest BCUT2D eigenvalue weighted by Gasteiger charge is -2.20. The first-order chi connectivity index (χ1) is 14.8. The van der Waals surface area contributed by atoms with Crippen molar-refractivity contribution in [1.29, 1.82) is 0 Å². The number of H-pyrrole nitrogens is 1. The van der Waals surface area contributed by atoms with Crippen molar-refractivity contribution in [2.24, 2.45) is 5.92 Å². The number of halogens is 1. The average molecular weight is 442 g/mol. The summed E-state index contributed by atoms with van der Waals surface area (Å²) in [5.74, 6) is -0.817. The van der Waals surface area contributed by atoms with Crippen molar-refractivity contribution in [3.8, 4) is 0 Å². The lowest BCUT2D eigenvalue weighted by atomic mass is 9.84. The Bertz CT molecular complexity index is 1120. The highest BCUT2D eigenvalue weighted by atomic mass is 35.5. The Kier molecular flexibility index (Phi) is 4.94. The molecule has 7 heteroatoms. The average Bonchev–Trinajstić information content (AvgIpc) is 3.08. The molecular weight excluding hydrogens is 418 g/mol. The van der Waals surface area contributed by atoms with Gasteiger partial charge in [0.15, 0.2) is 0 Å². The minimum absolute atomic E-state index is 0.0657. The van der Waals surface area contributed by atoms with Gasteiger partial charge in [-0.1, -0.05) is 24.3 Å². The summed E-state index contributed by atoms with van der Waals surface area (Å²) in [6.07, 6.45) is 4.84. The summed E-state index contributed by atoms with van der Waals surface area (Å²) in [7, 11) is 0. The number of esters is 2. The maximum absolute atomic E-state index is 12.6. The van der Waals surface area contributed by atoms with Gasteiger partial charge >= 0.3 is 11.9 Å². The highest BCUT2D eigenvalue weighted by Crippen LogP contribution is 2.49. The lowest BCUT2D eigenvalue weighted by molar-refractivity contribution is -0.140. The van der Waals surface area contributed by atoms with Crippen LogP contribution in [0.4, 0.5) is 0 Å². The van der Waals surface area contributed by atoms with Crippen LogP contribution in [0.15, 0.2) is 48.1 Å². The standard InChI is InChI=1S/C24H24ClNO5/c1-13-17-7-5-14(4-3-9-24(2)21(31-24)20(17)30-22(13)27)12-29-23(28)19-11-15-10-16(25)6-8-18(15)26-19/h4,6,8,10-11,17,20-21,26H,1,3,5,7,9,12H2,2H3/b14-4+/t17-,20-,21+,24+/m0/s1. The zero-order valence-electron chi connectivity index (χ0n) is 17.3. The van der Waals surface area contributed by atoms with Gasteiger partial charge in [-0.05, 0) is 62.4 Å². The molecule has 2 aliphatic heterocycles. The third-order valence-electron chi connectivity index (χ3n) is 6.63. The fourth-order valence-corrected chi connectivity index (χ4v) is 4.88. The second kappa shape index (κ2) is 7.53. The number of allylic oxidation sites excluding steroid dienone is 1. The lowest BCUT2D eigenvalue weighted by Crippen LogP contribution is -2.29. The second-order valence-corrected chi connectivity index (χ2v) is 9.22. The maximum Gasteiger partial charge on any atom is 0.355 e. The predicted octanol–water partition coefficient (Wildman–Crippen LogP) is 4.73. The highest BCUT2D eigenvalue weighted by Gasteiger charge is 2.61. The molecule has 0 radical (unpaired) electrons. The van der Waals surface area contributed by atoms with Crippen molar-refractivity contribution in [2.75, 3.05) is 6.61 Å². The van der Waals surface area contributed by atoms with Crippen LogP contribution in [-0.2, 0) is 19.0 Å². The van der Waals surface area contributed by atoms with Gasteiger partial charge in [0, 0.05) is 27.4 Å². The number of benzene rings is 1. The smallest absolute Gasteiger partial charge is 0.355 e. The number of aromatic amines is 1. The van der Waals surface area contributed by atoms with Gasteiger partial charge in [-0.2, -0.15) is 0 Å². The van der Waals surface area contributed by atoms with E-state index in [9.17, 15) is 9.59 Å². The molecule has 6 nitrogen and oxygen atoms in total. The molecule has 4 atom stereocenters. The maximum atomic E-state index is 12.6. The number of nitrogens with one attached hydrogen (secondary N) is 1. The fraction of sp³-hybridized carbons (Fsp3) is 0.417. The normalized spacial score (nSPS) is 31.9. The van der Waals surface area contributed by atoms with E-state index in [2.05, 4.69) is 24.6 Å². The molecule has 31 heavy (non-hydrogen) atoms. The Hall–Kier alpha value is -2.57. The molecule has 0 saturated carbocycles. The van der Waals surface area contributed by atoms with Crippen molar-refractivity contribution >= 4 is 34.4 Å². The molecule has 0 unspecified atom stereocenters.